The van der Waals surface area contributed by atoms with Crippen molar-refractivity contribution in [1.82, 2.24) is 19.6 Å². The van der Waals surface area contributed by atoms with E-state index in [9.17, 15) is 4.79 Å². The lowest BCUT2D eigenvalue weighted by Crippen LogP contribution is -2.32. The van der Waals surface area contributed by atoms with E-state index in [1.165, 1.54) is 0 Å². The molecule has 26 heavy (non-hydrogen) atoms. The predicted octanol–water partition coefficient (Wildman–Crippen LogP) is 2.78. The monoisotopic (exact) mass is 356 g/mol. The Morgan fingerprint density at radius 2 is 1.96 bits per heavy atom. The summed E-state index contributed by atoms with van der Waals surface area (Å²) in [7, 11) is 3.74. The van der Waals surface area contributed by atoms with Crippen LogP contribution in [0.2, 0.25) is 0 Å². The molecule has 2 heterocycles. The highest BCUT2D eigenvalue weighted by molar-refractivity contribution is 5.96. The number of benzene rings is 1. The molecule has 140 valence electrons. The van der Waals surface area contributed by atoms with E-state index >= 15 is 0 Å². The second kappa shape index (κ2) is 7.91. The van der Waals surface area contributed by atoms with Crippen LogP contribution in [0.15, 0.2) is 24.3 Å². The van der Waals surface area contributed by atoms with Gasteiger partial charge < -0.3 is 14.5 Å². The highest BCUT2D eigenvalue weighted by Crippen LogP contribution is 2.38. The Balaban J connectivity index is 1.76. The second-order valence-electron chi connectivity index (χ2n) is 6.69. The molecule has 1 aliphatic rings. The van der Waals surface area contributed by atoms with Gasteiger partial charge in [0.2, 0.25) is 0 Å². The number of ether oxygens (including phenoxy) is 1. The molecule has 0 N–H and O–H groups in total. The van der Waals surface area contributed by atoms with E-state index < -0.39 is 0 Å². The predicted molar refractivity (Wildman–Crippen MR) is 102 cm³/mol. The van der Waals surface area contributed by atoms with Crippen molar-refractivity contribution in [3.63, 3.8) is 0 Å². The fourth-order valence-corrected chi connectivity index (χ4v) is 3.50. The minimum atomic E-state index is -0.0376. The van der Waals surface area contributed by atoms with Crippen LogP contribution in [0, 0.1) is 0 Å². The van der Waals surface area contributed by atoms with Gasteiger partial charge in [0.1, 0.15) is 12.4 Å². The van der Waals surface area contributed by atoms with Crippen molar-refractivity contribution in [3.8, 4) is 17.0 Å². The van der Waals surface area contributed by atoms with Crippen LogP contribution in [0.5, 0.6) is 5.75 Å². The molecular formula is C20H28N4O2. The number of aryl methyl sites for hydroxylation is 1. The van der Waals surface area contributed by atoms with Gasteiger partial charge in [0.25, 0.3) is 5.91 Å². The molecule has 0 atom stereocenters. The highest BCUT2D eigenvalue weighted by atomic mass is 16.5. The first-order valence-corrected chi connectivity index (χ1v) is 9.32. The van der Waals surface area contributed by atoms with Crippen LogP contribution in [-0.4, -0.2) is 58.7 Å². The molecule has 1 amide bonds. The Bertz CT molecular complexity index is 780. The Morgan fingerprint density at radius 3 is 2.69 bits per heavy atom. The molecule has 1 aliphatic heterocycles. The van der Waals surface area contributed by atoms with E-state index in [1.54, 1.807) is 9.58 Å². The second-order valence-corrected chi connectivity index (χ2v) is 6.69. The Hall–Kier alpha value is -2.34. The number of amides is 1. The van der Waals surface area contributed by atoms with Crippen molar-refractivity contribution in [2.24, 2.45) is 7.05 Å². The molecule has 1 aromatic carbocycles. The van der Waals surface area contributed by atoms with Gasteiger partial charge in [0.05, 0.1) is 5.69 Å². The van der Waals surface area contributed by atoms with Crippen molar-refractivity contribution in [2.75, 3.05) is 33.2 Å². The van der Waals surface area contributed by atoms with E-state index in [0.717, 1.165) is 55.2 Å². The fraction of sp³-hybridized carbons (Fsp3) is 0.500. The summed E-state index contributed by atoms with van der Waals surface area (Å²) in [6.45, 7) is 8.51. The SMILES string of the molecule is CCN(CC)CCCN(C)C(=O)c1nn(C)c2c1COc1ccccc1-2. The zero-order valence-electron chi connectivity index (χ0n) is 16.2. The average molecular weight is 356 g/mol. The molecule has 0 saturated heterocycles. The molecule has 6 heteroatoms. The normalized spacial score (nSPS) is 12.5. The number of fused-ring (bicyclic) bond motifs is 3. The molecule has 1 aromatic heterocycles. The quantitative estimate of drug-likeness (QED) is 0.765. The molecular weight excluding hydrogens is 328 g/mol. The summed E-state index contributed by atoms with van der Waals surface area (Å²) < 4.78 is 7.64. The highest BCUT2D eigenvalue weighted by Gasteiger charge is 2.29. The Labute approximate surface area is 155 Å². The number of hydrogen-bond acceptors (Lipinski definition) is 4. The van der Waals surface area contributed by atoms with E-state index in [1.807, 2.05) is 38.4 Å². The number of aromatic nitrogens is 2. The van der Waals surface area contributed by atoms with Crippen LogP contribution in [0.1, 0.15) is 36.3 Å². The molecule has 0 aliphatic carbocycles. The maximum atomic E-state index is 12.9. The number of nitrogens with zero attached hydrogens (tertiary/aromatic N) is 4. The summed E-state index contributed by atoms with van der Waals surface area (Å²) in [5.41, 5.74) is 3.35. The number of hydrogen-bond donors (Lipinski definition) is 0. The van der Waals surface area contributed by atoms with Crippen LogP contribution in [0.25, 0.3) is 11.3 Å². The summed E-state index contributed by atoms with van der Waals surface area (Å²) >= 11 is 0. The van der Waals surface area contributed by atoms with Crippen molar-refractivity contribution in [3.05, 3.63) is 35.5 Å². The molecule has 0 unspecified atom stereocenters. The molecule has 3 rings (SSSR count). The van der Waals surface area contributed by atoms with Crippen molar-refractivity contribution >= 4 is 5.91 Å². The van der Waals surface area contributed by atoms with Gasteiger partial charge in [0.15, 0.2) is 5.69 Å². The van der Waals surface area contributed by atoms with Crippen molar-refractivity contribution in [2.45, 2.75) is 26.9 Å². The van der Waals surface area contributed by atoms with Crippen LogP contribution in [0.4, 0.5) is 0 Å². The molecule has 0 radical (unpaired) electrons. The van der Waals surface area contributed by atoms with Crippen molar-refractivity contribution in [1.29, 1.82) is 0 Å². The third-order valence-electron chi connectivity index (χ3n) is 5.07. The average Bonchev–Trinajstić information content (AvgIpc) is 3.01. The molecule has 0 saturated carbocycles. The van der Waals surface area contributed by atoms with Gasteiger partial charge in [0, 0.05) is 31.8 Å². The lowest BCUT2D eigenvalue weighted by molar-refractivity contribution is 0.0779. The largest absolute Gasteiger partial charge is 0.488 e. The summed E-state index contributed by atoms with van der Waals surface area (Å²) in [5.74, 6) is 0.805. The number of para-hydroxylation sites is 1. The van der Waals surface area contributed by atoms with Gasteiger partial charge in [-0.1, -0.05) is 26.0 Å². The Kier molecular flexibility index (Phi) is 5.61. The minimum absolute atomic E-state index is 0.0376. The minimum Gasteiger partial charge on any atom is -0.488 e. The summed E-state index contributed by atoms with van der Waals surface area (Å²) in [5, 5.41) is 4.52. The number of carbonyl (C=O) groups is 1. The van der Waals surface area contributed by atoms with Crippen LogP contribution in [-0.2, 0) is 13.7 Å². The lowest BCUT2D eigenvalue weighted by Gasteiger charge is -2.22. The maximum absolute atomic E-state index is 12.9. The van der Waals surface area contributed by atoms with Crippen LogP contribution in [0.3, 0.4) is 0 Å². The number of rotatable bonds is 7. The molecule has 6 nitrogen and oxygen atoms in total. The van der Waals surface area contributed by atoms with Gasteiger partial charge in [-0.05, 0) is 38.2 Å². The van der Waals surface area contributed by atoms with E-state index in [2.05, 4.69) is 23.8 Å². The van der Waals surface area contributed by atoms with Gasteiger partial charge in [-0.2, -0.15) is 5.10 Å². The first kappa shape index (κ1) is 18.5. The third-order valence-corrected chi connectivity index (χ3v) is 5.07. The van der Waals surface area contributed by atoms with Gasteiger partial charge in [-0.15, -0.1) is 0 Å². The molecule has 0 fully saturated rings. The molecule has 0 spiro atoms. The fourth-order valence-electron chi connectivity index (χ4n) is 3.50. The smallest absolute Gasteiger partial charge is 0.274 e. The van der Waals surface area contributed by atoms with Gasteiger partial charge in [-0.25, -0.2) is 0 Å². The molecule has 2 aromatic rings. The third kappa shape index (κ3) is 3.46. The van der Waals surface area contributed by atoms with E-state index in [0.29, 0.717) is 12.3 Å². The summed E-state index contributed by atoms with van der Waals surface area (Å²) in [4.78, 5) is 17.1. The zero-order valence-corrected chi connectivity index (χ0v) is 16.2. The molecule has 0 bridgehead atoms. The topological polar surface area (TPSA) is 50.6 Å². The maximum Gasteiger partial charge on any atom is 0.274 e. The number of carbonyl (C=O) groups excluding carboxylic acids is 1. The van der Waals surface area contributed by atoms with E-state index in [4.69, 9.17) is 4.74 Å². The Morgan fingerprint density at radius 1 is 1.23 bits per heavy atom. The summed E-state index contributed by atoms with van der Waals surface area (Å²) in [6, 6.07) is 7.89. The zero-order chi connectivity index (χ0) is 18.7. The first-order chi connectivity index (χ1) is 12.6. The standard InChI is InChI=1S/C20H28N4O2/c1-5-24(6-2)13-9-12-22(3)20(25)18-16-14-26-17-11-8-7-10-15(17)19(16)23(4)21-18/h7-8,10-11H,5-6,9,12-14H2,1-4H3. The van der Waals surface area contributed by atoms with Crippen molar-refractivity contribution < 1.29 is 9.53 Å². The van der Waals surface area contributed by atoms with Gasteiger partial charge in [-0.3, -0.25) is 9.48 Å². The lowest BCUT2D eigenvalue weighted by atomic mass is 10.0. The van der Waals surface area contributed by atoms with Gasteiger partial charge >= 0.3 is 0 Å². The van der Waals surface area contributed by atoms with Crippen LogP contribution >= 0.6 is 0 Å². The summed E-state index contributed by atoms with van der Waals surface area (Å²) in [6.07, 6.45) is 0.957. The first-order valence-electron chi connectivity index (χ1n) is 9.32. The van der Waals surface area contributed by atoms with E-state index in [-0.39, 0.29) is 5.91 Å². The van der Waals surface area contributed by atoms with Crippen LogP contribution < -0.4 is 4.74 Å².